The molecule has 2 bridgehead atoms. The molecule has 2 aromatic rings. The number of carbonyl (C=O) groups excluding carboxylic acids is 2. The van der Waals surface area contributed by atoms with Crippen molar-refractivity contribution < 1.29 is 18.7 Å². The van der Waals surface area contributed by atoms with Crippen LogP contribution in [-0.4, -0.2) is 52.0 Å². The minimum absolute atomic E-state index is 0.145. The standard InChI is InChI=1S/C21H21FN4O3/c1-12-9-13(22)3-4-14(12)26-11-21-6-5-15(29-21)17(18(21)20(26)28)19(27)25(2)10-16-23-7-8-24-16/h3-9,15,17-18H,10-11H2,1-2H3,(H,23,24)/t15-,17-,18-,21-/m0/s1. The van der Waals surface area contributed by atoms with E-state index in [1.165, 1.54) is 12.1 Å². The number of benzene rings is 1. The smallest absolute Gasteiger partial charge is 0.234 e. The van der Waals surface area contributed by atoms with Crippen LogP contribution in [0.3, 0.4) is 0 Å². The molecule has 1 N–H and O–H groups in total. The van der Waals surface area contributed by atoms with Gasteiger partial charge in [-0.2, -0.15) is 0 Å². The molecule has 0 radical (unpaired) electrons. The van der Waals surface area contributed by atoms with Crippen LogP contribution < -0.4 is 4.90 Å². The van der Waals surface area contributed by atoms with Gasteiger partial charge in [0, 0.05) is 25.1 Å². The predicted octanol–water partition coefficient (Wildman–Crippen LogP) is 1.80. The number of ether oxygens (including phenoxy) is 1. The molecule has 1 spiro atoms. The summed E-state index contributed by atoms with van der Waals surface area (Å²) in [7, 11) is 1.70. The SMILES string of the molecule is Cc1cc(F)ccc1N1C[C@]23C=C[C@H](O2)[C@H](C(=O)N(C)Cc2ncc[nH]2)[C@H]3C1=O. The zero-order chi connectivity index (χ0) is 20.3. The number of hydrogen-bond donors (Lipinski definition) is 1. The molecule has 29 heavy (non-hydrogen) atoms. The third-order valence-electron chi connectivity index (χ3n) is 6.15. The fraction of sp³-hybridized carbons (Fsp3) is 0.381. The maximum Gasteiger partial charge on any atom is 0.234 e. The van der Waals surface area contributed by atoms with Crippen LogP contribution in [0.25, 0.3) is 0 Å². The molecule has 3 aliphatic heterocycles. The summed E-state index contributed by atoms with van der Waals surface area (Å²) in [6.07, 6.45) is 6.72. The van der Waals surface area contributed by atoms with Gasteiger partial charge in [0.15, 0.2) is 0 Å². The van der Waals surface area contributed by atoms with Gasteiger partial charge in [0.1, 0.15) is 17.2 Å². The second-order valence-electron chi connectivity index (χ2n) is 7.99. The lowest BCUT2D eigenvalue weighted by Gasteiger charge is -2.27. The Bertz CT molecular complexity index is 1020. The van der Waals surface area contributed by atoms with E-state index in [-0.39, 0.29) is 17.6 Å². The van der Waals surface area contributed by atoms with E-state index in [0.29, 0.717) is 30.2 Å². The number of imidazole rings is 1. The van der Waals surface area contributed by atoms with Gasteiger partial charge in [0.2, 0.25) is 11.8 Å². The topological polar surface area (TPSA) is 78.5 Å². The fourth-order valence-corrected chi connectivity index (χ4v) is 4.85. The Morgan fingerprint density at radius 1 is 1.48 bits per heavy atom. The lowest BCUT2D eigenvalue weighted by molar-refractivity contribution is -0.139. The number of rotatable bonds is 4. The van der Waals surface area contributed by atoms with E-state index < -0.39 is 23.5 Å². The monoisotopic (exact) mass is 396 g/mol. The van der Waals surface area contributed by atoms with Crippen molar-refractivity contribution in [2.24, 2.45) is 11.8 Å². The number of fused-ring (bicyclic) bond motifs is 1. The van der Waals surface area contributed by atoms with Crippen LogP contribution in [0.15, 0.2) is 42.7 Å². The Balaban J connectivity index is 1.44. The highest BCUT2D eigenvalue weighted by molar-refractivity contribution is 6.03. The van der Waals surface area contributed by atoms with Crippen molar-refractivity contribution in [3.63, 3.8) is 0 Å². The van der Waals surface area contributed by atoms with Gasteiger partial charge in [-0.1, -0.05) is 12.2 Å². The molecule has 2 amide bonds. The first-order valence-corrected chi connectivity index (χ1v) is 9.57. The number of amides is 2. The number of carbonyl (C=O) groups is 2. The number of H-pyrrole nitrogens is 1. The molecule has 0 saturated carbocycles. The zero-order valence-corrected chi connectivity index (χ0v) is 16.1. The summed E-state index contributed by atoms with van der Waals surface area (Å²) in [4.78, 5) is 37.0. The van der Waals surface area contributed by atoms with E-state index in [0.717, 1.165) is 0 Å². The van der Waals surface area contributed by atoms with E-state index in [4.69, 9.17) is 4.74 Å². The van der Waals surface area contributed by atoms with Gasteiger partial charge in [-0.05, 0) is 30.7 Å². The highest BCUT2D eigenvalue weighted by atomic mass is 19.1. The first kappa shape index (κ1) is 18.1. The Morgan fingerprint density at radius 3 is 3.03 bits per heavy atom. The second kappa shape index (κ2) is 6.25. The summed E-state index contributed by atoms with van der Waals surface area (Å²) in [6, 6.07) is 4.36. The Morgan fingerprint density at radius 2 is 2.31 bits per heavy atom. The van der Waals surface area contributed by atoms with E-state index >= 15 is 0 Å². The van der Waals surface area contributed by atoms with Gasteiger partial charge in [0.25, 0.3) is 0 Å². The van der Waals surface area contributed by atoms with E-state index in [9.17, 15) is 14.0 Å². The lowest BCUT2D eigenvalue weighted by Crippen LogP contribution is -2.44. The molecule has 0 aliphatic carbocycles. The van der Waals surface area contributed by atoms with Crippen LogP contribution in [0.1, 0.15) is 11.4 Å². The number of halogens is 1. The normalized spacial score (nSPS) is 29.6. The third kappa shape index (κ3) is 2.62. The van der Waals surface area contributed by atoms with Gasteiger partial charge < -0.3 is 19.5 Å². The molecule has 8 heteroatoms. The van der Waals surface area contributed by atoms with E-state index in [1.807, 2.05) is 12.2 Å². The number of aromatic amines is 1. The summed E-state index contributed by atoms with van der Waals surface area (Å²) >= 11 is 0. The largest absolute Gasteiger partial charge is 0.360 e. The van der Waals surface area contributed by atoms with Crippen molar-refractivity contribution in [2.45, 2.75) is 25.2 Å². The molecule has 2 saturated heterocycles. The number of nitrogens with one attached hydrogen (secondary N) is 1. The Hall–Kier alpha value is -3.00. The van der Waals surface area contributed by atoms with Crippen molar-refractivity contribution in [3.8, 4) is 0 Å². The highest BCUT2D eigenvalue weighted by Crippen LogP contribution is 2.53. The van der Waals surface area contributed by atoms with Crippen LogP contribution in [-0.2, 0) is 20.9 Å². The van der Waals surface area contributed by atoms with Crippen molar-refractivity contribution in [1.29, 1.82) is 0 Å². The van der Waals surface area contributed by atoms with Crippen LogP contribution >= 0.6 is 0 Å². The maximum absolute atomic E-state index is 13.5. The molecule has 3 aliphatic rings. The van der Waals surface area contributed by atoms with E-state index in [2.05, 4.69) is 9.97 Å². The van der Waals surface area contributed by atoms with Gasteiger partial charge in [0.05, 0.1) is 31.0 Å². The molecule has 1 aromatic heterocycles. The number of hydrogen-bond acceptors (Lipinski definition) is 4. The number of anilines is 1. The molecule has 150 valence electrons. The fourth-order valence-electron chi connectivity index (χ4n) is 4.85. The van der Waals surface area contributed by atoms with Crippen molar-refractivity contribution >= 4 is 17.5 Å². The van der Waals surface area contributed by atoms with E-state index in [1.54, 1.807) is 42.2 Å². The van der Waals surface area contributed by atoms with Crippen LogP contribution in [0.2, 0.25) is 0 Å². The average molecular weight is 396 g/mol. The highest BCUT2D eigenvalue weighted by Gasteiger charge is 2.67. The zero-order valence-electron chi connectivity index (χ0n) is 16.1. The third-order valence-corrected chi connectivity index (χ3v) is 6.15. The molecular weight excluding hydrogens is 375 g/mol. The quantitative estimate of drug-likeness (QED) is 0.800. The maximum atomic E-state index is 13.5. The minimum atomic E-state index is -0.811. The molecule has 4 heterocycles. The number of aromatic nitrogens is 2. The van der Waals surface area contributed by atoms with Crippen molar-refractivity contribution in [3.05, 3.63) is 59.9 Å². The van der Waals surface area contributed by atoms with Gasteiger partial charge in [-0.3, -0.25) is 9.59 Å². The number of aryl methyl sites for hydroxylation is 1. The van der Waals surface area contributed by atoms with Gasteiger partial charge in [-0.25, -0.2) is 9.37 Å². The van der Waals surface area contributed by atoms with Gasteiger partial charge >= 0.3 is 0 Å². The Labute approximate surface area is 167 Å². The predicted molar refractivity (Wildman–Crippen MR) is 102 cm³/mol. The van der Waals surface area contributed by atoms with Crippen molar-refractivity contribution in [1.82, 2.24) is 14.9 Å². The first-order chi connectivity index (χ1) is 13.9. The summed E-state index contributed by atoms with van der Waals surface area (Å²) in [5, 5.41) is 0. The Kier molecular flexibility index (Phi) is 3.89. The molecule has 4 atom stereocenters. The van der Waals surface area contributed by atoms with Crippen LogP contribution in [0, 0.1) is 24.6 Å². The summed E-state index contributed by atoms with van der Waals surface area (Å²) in [5.41, 5.74) is 0.510. The summed E-state index contributed by atoms with van der Waals surface area (Å²) in [6.45, 7) is 2.42. The molecule has 0 unspecified atom stereocenters. The average Bonchev–Trinajstić information content (AvgIpc) is 3.44. The van der Waals surface area contributed by atoms with Crippen LogP contribution in [0.4, 0.5) is 10.1 Å². The second-order valence-corrected chi connectivity index (χ2v) is 7.99. The molecule has 7 nitrogen and oxygen atoms in total. The number of nitrogens with zero attached hydrogens (tertiary/aromatic N) is 3. The minimum Gasteiger partial charge on any atom is -0.360 e. The molecule has 2 fully saturated rings. The summed E-state index contributed by atoms with van der Waals surface area (Å²) in [5.74, 6) is -1.14. The van der Waals surface area contributed by atoms with Gasteiger partial charge in [-0.15, -0.1) is 0 Å². The first-order valence-electron chi connectivity index (χ1n) is 9.57. The summed E-state index contributed by atoms with van der Waals surface area (Å²) < 4.78 is 19.7. The van der Waals surface area contributed by atoms with Crippen molar-refractivity contribution in [2.75, 3.05) is 18.5 Å². The van der Waals surface area contributed by atoms with Crippen LogP contribution in [0.5, 0.6) is 0 Å². The lowest BCUT2D eigenvalue weighted by atomic mass is 9.76. The molecule has 5 rings (SSSR count). The molecular formula is C21H21FN4O3. The molecule has 1 aromatic carbocycles.